The molecule has 0 fully saturated rings. The first-order valence-electron chi connectivity index (χ1n) is 15.8. The number of rotatable bonds is 28. The maximum atomic E-state index is 2.50. The SMILES string of the molecule is CCCCCCCCCCCCCCCCC(C)CCCCCCCCCCCCCC.N. The molecule has 1 heteroatoms. The molecule has 202 valence electrons. The highest BCUT2D eigenvalue weighted by Crippen LogP contribution is 2.19. The van der Waals surface area contributed by atoms with Gasteiger partial charge < -0.3 is 6.15 Å². The van der Waals surface area contributed by atoms with E-state index >= 15 is 0 Å². The van der Waals surface area contributed by atoms with Gasteiger partial charge in [-0.25, -0.2) is 0 Å². The zero-order valence-electron chi connectivity index (χ0n) is 24.1. The second kappa shape index (κ2) is 32.0. The second-order valence-electron chi connectivity index (χ2n) is 11.2. The molecule has 33 heavy (non-hydrogen) atoms. The van der Waals surface area contributed by atoms with Crippen LogP contribution in [-0.4, -0.2) is 0 Å². The highest BCUT2D eigenvalue weighted by atomic mass is 14.1. The van der Waals surface area contributed by atoms with Crippen LogP contribution in [0.15, 0.2) is 0 Å². The van der Waals surface area contributed by atoms with E-state index < -0.39 is 0 Å². The molecule has 0 bridgehead atoms. The van der Waals surface area contributed by atoms with Gasteiger partial charge in [0.25, 0.3) is 0 Å². The van der Waals surface area contributed by atoms with Gasteiger partial charge >= 0.3 is 0 Å². The predicted octanol–water partition coefficient (Wildman–Crippen LogP) is 12.7. The highest BCUT2D eigenvalue weighted by Gasteiger charge is 2.02. The van der Waals surface area contributed by atoms with Crippen molar-refractivity contribution in [1.29, 1.82) is 0 Å². The minimum atomic E-state index is 0. The average molecular weight is 468 g/mol. The summed E-state index contributed by atoms with van der Waals surface area (Å²) in [5, 5.41) is 0. The van der Waals surface area contributed by atoms with Crippen LogP contribution in [0.25, 0.3) is 0 Å². The summed E-state index contributed by atoms with van der Waals surface area (Å²) in [4.78, 5) is 0. The monoisotopic (exact) mass is 468 g/mol. The maximum Gasteiger partial charge on any atom is -0.0443 e. The van der Waals surface area contributed by atoms with Crippen molar-refractivity contribution in [2.45, 2.75) is 201 Å². The van der Waals surface area contributed by atoms with E-state index in [0.29, 0.717) is 0 Å². The lowest BCUT2D eigenvalue weighted by Gasteiger charge is -2.11. The van der Waals surface area contributed by atoms with Gasteiger partial charge in [-0.1, -0.05) is 201 Å². The van der Waals surface area contributed by atoms with E-state index in [1.54, 1.807) is 0 Å². The van der Waals surface area contributed by atoms with Crippen LogP contribution in [0.2, 0.25) is 0 Å². The number of hydrogen-bond donors (Lipinski definition) is 1. The summed E-state index contributed by atoms with van der Waals surface area (Å²) in [6.45, 7) is 7.11. The summed E-state index contributed by atoms with van der Waals surface area (Å²) in [5.74, 6) is 0.968. The Balaban J connectivity index is 0. The van der Waals surface area contributed by atoms with Gasteiger partial charge in [0.05, 0.1) is 0 Å². The van der Waals surface area contributed by atoms with Crippen LogP contribution in [0, 0.1) is 5.92 Å². The molecule has 0 aliphatic rings. The summed E-state index contributed by atoms with van der Waals surface area (Å²) in [7, 11) is 0. The van der Waals surface area contributed by atoms with Crippen LogP contribution in [0.3, 0.4) is 0 Å². The molecule has 0 amide bonds. The third-order valence-corrected chi connectivity index (χ3v) is 7.60. The van der Waals surface area contributed by atoms with Crippen LogP contribution >= 0.6 is 0 Å². The van der Waals surface area contributed by atoms with E-state index in [0.717, 1.165) is 5.92 Å². The molecule has 0 spiro atoms. The van der Waals surface area contributed by atoms with E-state index in [1.807, 2.05) is 0 Å². The van der Waals surface area contributed by atoms with E-state index in [2.05, 4.69) is 20.8 Å². The summed E-state index contributed by atoms with van der Waals surface area (Å²) in [6.07, 6.45) is 41.3. The quantitative estimate of drug-likeness (QED) is 0.114. The fourth-order valence-corrected chi connectivity index (χ4v) is 5.17. The van der Waals surface area contributed by atoms with Gasteiger partial charge in [-0.3, -0.25) is 0 Å². The lowest BCUT2D eigenvalue weighted by atomic mass is 9.95. The van der Waals surface area contributed by atoms with Crippen molar-refractivity contribution in [3.05, 3.63) is 0 Å². The van der Waals surface area contributed by atoms with Crippen molar-refractivity contribution in [2.24, 2.45) is 5.92 Å². The first-order chi connectivity index (χ1) is 15.8. The molecule has 0 saturated carbocycles. The Morgan fingerprint density at radius 2 is 0.485 bits per heavy atom. The minimum absolute atomic E-state index is 0. The van der Waals surface area contributed by atoms with Gasteiger partial charge in [-0.2, -0.15) is 0 Å². The largest absolute Gasteiger partial charge is 0.344 e. The summed E-state index contributed by atoms with van der Waals surface area (Å²) in [5.41, 5.74) is 0. The van der Waals surface area contributed by atoms with Crippen molar-refractivity contribution in [3.8, 4) is 0 Å². The molecule has 0 aromatic heterocycles. The third-order valence-electron chi connectivity index (χ3n) is 7.60. The molecule has 3 N–H and O–H groups in total. The molecule has 0 radical (unpaired) electrons. The zero-order chi connectivity index (χ0) is 23.4. The van der Waals surface area contributed by atoms with Gasteiger partial charge in [0.15, 0.2) is 0 Å². The molecule has 0 saturated heterocycles. The van der Waals surface area contributed by atoms with Gasteiger partial charge in [0, 0.05) is 0 Å². The van der Waals surface area contributed by atoms with Crippen molar-refractivity contribution in [2.75, 3.05) is 0 Å². The van der Waals surface area contributed by atoms with Gasteiger partial charge in [-0.05, 0) is 5.92 Å². The van der Waals surface area contributed by atoms with Crippen LogP contribution in [0.1, 0.15) is 201 Å². The predicted molar refractivity (Wildman–Crippen MR) is 155 cm³/mol. The second-order valence-corrected chi connectivity index (χ2v) is 11.2. The molecule has 0 heterocycles. The average Bonchev–Trinajstić information content (AvgIpc) is 2.80. The Morgan fingerprint density at radius 1 is 0.303 bits per heavy atom. The molecule has 1 nitrogen and oxygen atoms in total. The van der Waals surface area contributed by atoms with Crippen LogP contribution in [0.4, 0.5) is 0 Å². The molecule has 0 aromatic carbocycles. The van der Waals surface area contributed by atoms with Crippen molar-refractivity contribution >= 4 is 0 Å². The summed E-state index contributed by atoms with van der Waals surface area (Å²) in [6, 6.07) is 0. The van der Waals surface area contributed by atoms with Crippen LogP contribution < -0.4 is 6.15 Å². The number of hydrogen-bond acceptors (Lipinski definition) is 1. The Bertz CT molecular complexity index is 314. The topological polar surface area (TPSA) is 35.0 Å². The normalized spacial score (nSPS) is 12.1. The Hall–Kier alpha value is -0.0400. The van der Waals surface area contributed by atoms with Gasteiger partial charge in [-0.15, -0.1) is 0 Å². The van der Waals surface area contributed by atoms with Crippen LogP contribution in [-0.2, 0) is 0 Å². The lowest BCUT2D eigenvalue weighted by molar-refractivity contribution is 0.429. The van der Waals surface area contributed by atoms with Crippen molar-refractivity contribution in [3.63, 3.8) is 0 Å². The van der Waals surface area contributed by atoms with E-state index in [1.165, 1.54) is 180 Å². The highest BCUT2D eigenvalue weighted by molar-refractivity contribution is 4.56. The standard InChI is InChI=1S/C32H66.H3N/c1-4-6-8-10-12-14-16-18-19-21-23-25-27-29-31-32(3)30-28-26-24-22-20-17-15-13-11-9-7-5-2;/h32H,4-31H2,1-3H3;1H3. The van der Waals surface area contributed by atoms with E-state index in [9.17, 15) is 0 Å². The summed E-state index contributed by atoms with van der Waals surface area (Å²) < 4.78 is 0. The Kier molecular flexibility index (Phi) is 34.0. The Labute approximate surface area is 212 Å². The van der Waals surface area contributed by atoms with Gasteiger partial charge in [0.1, 0.15) is 0 Å². The fourth-order valence-electron chi connectivity index (χ4n) is 5.17. The molecule has 0 aromatic rings. The third kappa shape index (κ3) is 32.0. The fraction of sp³-hybridized carbons (Fsp3) is 1.00. The lowest BCUT2D eigenvalue weighted by Crippen LogP contribution is -1.95. The summed E-state index contributed by atoms with van der Waals surface area (Å²) >= 11 is 0. The van der Waals surface area contributed by atoms with Crippen LogP contribution in [0.5, 0.6) is 0 Å². The van der Waals surface area contributed by atoms with Gasteiger partial charge in [0.2, 0.25) is 0 Å². The minimum Gasteiger partial charge on any atom is -0.344 e. The van der Waals surface area contributed by atoms with E-state index in [4.69, 9.17) is 0 Å². The first-order valence-corrected chi connectivity index (χ1v) is 15.8. The molecule has 1 atom stereocenters. The van der Waals surface area contributed by atoms with Crippen molar-refractivity contribution < 1.29 is 0 Å². The smallest absolute Gasteiger partial charge is 0.0443 e. The molecule has 0 aliphatic heterocycles. The zero-order valence-corrected chi connectivity index (χ0v) is 24.1. The first kappa shape index (κ1) is 35.1. The molecular weight excluding hydrogens is 398 g/mol. The molecule has 1 unspecified atom stereocenters. The van der Waals surface area contributed by atoms with E-state index in [-0.39, 0.29) is 6.15 Å². The number of unbranched alkanes of at least 4 members (excludes halogenated alkanes) is 24. The van der Waals surface area contributed by atoms with Crippen molar-refractivity contribution in [1.82, 2.24) is 6.15 Å². The molecule has 0 aliphatic carbocycles. The maximum absolute atomic E-state index is 2.50. The Morgan fingerprint density at radius 3 is 0.697 bits per heavy atom. The molecule has 0 rings (SSSR count). The molecular formula is C32H69N.